The number of rotatable bonds is 7. The fourth-order valence-corrected chi connectivity index (χ4v) is 3.11. The highest BCUT2D eigenvalue weighted by molar-refractivity contribution is 6.32. The van der Waals surface area contributed by atoms with Crippen molar-refractivity contribution < 1.29 is 27.5 Å². The Morgan fingerprint density at radius 1 is 1.16 bits per heavy atom. The number of alkyl halides is 3. The van der Waals surface area contributed by atoms with Crippen LogP contribution in [0.4, 0.5) is 13.2 Å². The summed E-state index contributed by atoms with van der Waals surface area (Å²) >= 11 is 6.14. The molecule has 7 nitrogen and oxygen atoms in total. The summed E-state index contributed by atoms with van der Waals surface area (Å²) in [6, 6.07) is 11.6. The van der Waals surface area contributed by atoms with Crippen LogP contribution in [-0.4, -0.2) is 44.7 Å². The van der Waals surface area contributed by atoms with E-state index in [1.807, 2.05) is 0 Å². The number of hydrogen-bond donors (Lipinski definition) is 0. The molecular weight excluding hydrogens is 449 g/mol. The number of carbonyl (C=O) groups is 2. The Balaban J connectivity index is 2.07. The third kappa shape index (κ3) is 5.44. The number of esters is 1. The van der Waals surface area contributed by atoms with Gasteiger partial charge < -0.3 is 9.64 Å². The first-order valence-corrected chi connectivity index (χ1v) is 9.85. The predicted molar refractivity (Wildman–Crippen MR) is 109 cm³/mol. The number of aromatic nitrogens is 3. The lowest BCUT2D eigenvalue weighted by Crippen LogP contribution is -2.37. The number of carbonyl (C=O) groups excluding carboxylic acids is 2. The Hall–Kier alpha value is -3.40. The third-order valence-electron chi connectivity index (χ3n) is 4.29. The van der Waals surface area contributed by atoms with E-state index in [-0.39, 0.29) is 23.9 Å². The van der Waals surface area contributed by atoms with Crippen LogP contribution in [-0.2, 0) is 22.3 Å². The Labute approximate surface area is 186 Å². The fourth-order valence-electron chi connectivity index (χ4n) is 2.89. The summed E-state index contributed by atoms with van der Waals surface area (Å²) in [5, 5.41) is 3.66. The molecule has 0 radical (unpaired) electrons. The molecule has 3 rings (SSSR count). The lowest BCUT2D eigenvalue weighted by molar-refractivity contribution is -0.144. The van der Waals surface area contributed by atoms with Crippen molar-refractivity contribution in [1.29, 1.82) is 0 Å². The molecule has 0 unspecified atom stereocenters. The van der Waals surface area contributed by atoms with E-state index >= 15 is 0 Å². The normalized spacial score (nSPS) is 11.3. The molecule has 2 heterocycles. The number of halogens is 4. The van der Waals surface area contributed by atoms with Crippen LogP contribution in [0.1, 0.15) is 28.8 Å². The van der Waals surface area contributed by atoms with Crippen molar-refractivity contribution in [2.24, 2.45) is 0 Å². The summed E-state index contributed by atoms with van der Waals surface area (Å²) in [4.78, 5) is 30.6. The van der Waals surface area contributed by atoms with Crippen LogP contribution in [0.2, 0.25) is 5.02 Å². The van der Waals surface area contributed by atoms with Crippen molar-refractivity contribution in [3.05, 3.63) is 76.8 Å². The van der Waals surface area contributed by atoms with Crippen LogP contribution in [0, 0.1) is 0 Å². The summed E-state index contributed by atoms with van der Waals surface area (Å²) in [6.07, 6.45) is -3.30. The van der Waals surface area contributed by atoms with E-state index in [9.17, 15) is 22.8 Å². The van der Waals surface area contributed by atoms with Crippen LogP contribution < -0.4 is 0 Å². The second-order valence-electron chi connectivity index (χ2n) is 6.56. The zero-order valence-corrected chi connectivity index (χ0v) is 17.6. The Morgan fingerprint density at radius 2 is 1.88 bits per heavy atom. The average Bonchev–Trinajstić information content (AvgIpc) is 3.20. The van der Waals surface area contributed by atoms with E-state index < -0.39 is 36.0 Å². The highest BCUT2D eigenvalue weighted by Crippen LogP contribution is 2.31. The van der Waals surface area contributed by atoms with Gasteiger partial charge in [-0.15, -0.1) is 0 Å². The molecule has 3 aromatic rings. The van der Waals surface area contributed by atoms with Crippen LogP contribution in [0.25, 0.3) is 5.69 Å². The molecule has 32 heavy (non-hydrogen) atoms. The van der Waals surface area contributed by atoms with Crippen LogP contribution in [0.5, 0.6) is 0 Å². The number of para-hydroxylation sites is 1. The maximum absolute atomic E-state index is 13.4. The van der Waals surface area contributed by atoms with Gasteiger partial charge in [-0.05, 0) is 31.2 Å². The summed E-state index contributed by atoms with van der Waals surface area (Å²) < 4.78 is 45.9. The van der Waals surface area contributed by atoms with Gasteiger partial charge in [-0.3, -0.25) is 14.6 Å². The van der Waals surface area contributed by atoms with Crippen molar-refractivity contribution >= 4 is 23.5 Å². The van der Waals surface area contributed by atoms with Gasteiger partial charge in [-0.25, -0.2) is 4.68 Å². The molecule has 0 fully saturated rings. The molecule has 0 N–H and O–H groups in total. The van der Waals surface area contributed by atoms with Crippen molar-refractivity contribution in [2.45, 2.75) is 19.6 Å². The highest BCUT2D eigenvalue weighted by Gasteiger charge is 2.37. The lowest BCUT2D eigenvalue weighted by Gasteiger charge is -2.22. The molecule has 1 amide bonds. The molecule has 0 bridgehead atoms. The number of benzene rings is 1. The molecular formula is C21H18ClF3N4O3. The van der Waals surface area contributed by atoms with Gasteiger partial charge in [0.2, 0.25) is 0 Å². The highest BCUT2D eigenvalue weighted by atomic mass is 35.5. The van der Waals surface area contributed by atoms with E-state index in [4.69, 9.17) is 16.3 Å². The number of pyridine rings is 1. The molecule has 0 aliphatic heterocycles. The third-order valence-corrected chi connectivity index (χ3v) is 4.61. The molecule has 168 valence electrons. The number of amides is 1. The van der Waals surface area contributed by atoms with Gasteiger partial charge in [0.15, 0.2) is 5.69 Å². The molecule has 0 aliphatic carbocycles. The molecule has 0 spiro atoms. The number of ether oxygens (including phenoxy) is 1. The van der Waals surface area contributed by atoms with Crippen LogP contribution >= 0.6 is 11.6 Å². The monoisotopic (exact) mass is 466 g/mol. The van der Waals surface area contributed by atoms with Gasteiger partial charge in [0.25, 0.3) is 5.91 Å². The second kappa shape index (κ2) is 9.82. The van der Waals surface area contributed by atoms with Crippen LogP contribution in [0.3, 0.4) is 0 Å². The Bertz CT molecular complexity index is 1100. The summed E-state index contributed by atoms with van der Waals surface area (Å²) in [5.41, 5.74) is -1.16. The summed E-state index contributed by atoms with van der Waals surface area (Å²) in [6.45, 7) is 1.07. The Kier molecular flexibility index (Phi) is 7.14. The molecule has 2 aromatic heterocycles. The fraction of sp³-hybridized carbons (Fsp3) is 0.238. The molecule has 0 saturated carbocycles. The van der Waals surface area contributed by atoms with Gasteiger partial charge in [0, 0.05) is 12.3 Å². The maximum Gasteiger partial charge on any atom is 0.435 e. The first kappa shape index (κ1) is 23.3. The van der Waals surface area contributed by atoms with Gasteiger partial charge in [-0.2, -0.15) is 18.3 Å². The van der Waals surface area contributed by atoms with E-state index in [1.165, 1.54) is 18.3 Å². The molecule has 1 aromatic carbocycles. The topological polar surface area (TPSA) is 77.3 Å². The van der Waals surface area contributed by atoms with Crippen molar-refractivity contribution in [3.8, 4) is 5.69 Å². The van der Waals surface area contributed by atoms with Crippen molar-refractivity contribution in [2.75, 3.05) is 13.2 Å². The van der Waals surface area contributed by atoms with Gasteiger partial charge in [-0.1, -0.05) is 29.8 Å². The van der Waals surface area contributed by atoms with Gasteiger partial charge >= 0.3 is 12.1 Å². The minimum Gasteiger partial charge on any atom is -0.465 e. The quantitative estimate of drug-likeness (QED) is 0.489. The minimum absolute atomic E-state index is 0.0836. The van der Waals surface area contributed by atoms with E-state index in [0.717, 1.165) is 9.58 Å². The zero-order valence-electron chi connectivity index (χ0n) is 16.8. The Morgan fingerprint density at radius 3 is 2.50 bits per heavy atom. The summed E-state index contributed by atoms with van der Waals surface area (Å²) in [7, 11) is 0. The SMILES string of the molecule is CCOC(=O)CN(Cc1ccccn1)C(=O)c1cc(C(F)(F)F)nn1-c1ccccc1Cl. The lowest BCUT2D eigenvalue weighted by atomic mass is 10.2. The molecule has 0 aliphatic rings. The average molecular weight is 467 g/mol. The van der Waals surface area contributed by atoms with Gasteiger partial charge in [0.05, 0.1) is 29.6 Å². The van der Waals surface area contributed by atoms with Crippen molar-refractivity contribution in [3.63, 3.8) is 0 Å². The second-order valence-corrected chi connectivity index (χ2v) is 6.97. The van der Waals surface area contributed by atoms with Gasteiger partial charge in [0.1, 0.15) is 12.2 Å². The maximum atomic E-state index is 13.4. The number of nitrogens with zero attached hydrogens (tertiary/aromatic N) is 4. The van der Waals surface area contributed by atoms with Crippen LogP contribution in [0.15, 0.2) is 54.7 Å². The molecule has 0 atom stereocenters. The zero-order chi connectivity index (χ0) is 23.3. The molecule has 11 heteroatoms. The molecule has 0 saturated heterocycles. The van der Waals surface area contributed by atoms with Crippen molar-refractivity contribution in [1.82, 2.24) is 19.7 Å². The number of hydrogen-bond acceptors (Lipinski definition) is 5. The smallest absolute Gasteiger partial charge is 0.435 e. The van der Waals surface area contributed by atoms with E-state index in [1.54, 1.807) is 37.3 Å². The minimum atomic E-state index is -4.80. The van der Waals surface area contributed by atoms with E-state index in [0.29, 0.717) is 11.8 Å². The predicted octanol–water partition coefficient (Wildman–Crippen LogP) is 4.15. The first-order valence-electron chi connectivity index (χ1n) is 9.47. The standard InChI is InChI=1S/C21H18ClF3N4O3/c1-2-32-19(30)13-28(12-14-7-5-6-10-26-14)20(31)17-11-18(21(23,24)25)27-29(17)16-9-4-3-8-15(16)22/h3-11H,2,12-13H2,1H3. The summed E-state index contributed by atoms with van der Waals surface area (Å²) in [5.74, 6) is -1.58. The van der Waals surface area contributed by atoms with E-state index in [2.05, 4.69) is 10.1 Å². The largest absolute Gasteiger partial charge is 0.465 e. The first-order chi connectivity index (χ1) is 15.2.